The molecule has 19 heavy (non-hydrogen) atoms. The quantitative estimate of drug-likeness (QED) is 0.887. The van der Waals surface area contributed by atoms with E-state index in [1.165, 1.54) is 12.8 Å². The van der Waals surface area contributed by atoms with Gasteiger partial charge in [0.25, 0.3) is 0 Å². The fourth-order valence-corrected chi connectivity index (χ4v) is 2.55. The summed E-state index contributed by atoms with van der Waals surface area (Å²) in [7, 11) is 1.74. The fourth-order valence-electron chi connectivity index (χ4n) is 2.55. The summed E-state index contributed by atoms with van der Waals surface area (Å²) in [4.78, 5) is 4.51. The van der Waals surface area contributed by atoms with Gasteiger partial charge in [0.2, 0.25) is 11.7 Å². The van der Waals surface area contributed by atoms with Crippen molar-refractivity contribution in [3.63, 3.8) is 0 Å². The summed E-state index contributed by atoms with van der Waals surface area (Å²) >= 11 is 0. The minimum atomic E-state index is -0.306. The molecule has 1 N–H and O–H groups in total. The molecule has 1 aliphatic rings. The molecule has 1 aromatic heterocycles. The lowest BCUT2D eigenvalue weighted by molar-refractivity contribution is -0.0178. The van der Waals surface area contributed by atoms with E-state index in [1.54, 1.807) is 7.11 Å². The fraction of sp³-hybridized carbons (Fsp3) is 0.857. The molecule has 0 aliphatic heterocycles. The molecule has 1 heterocycles. The summed E-state index contributed by atoms with van der Waals surface area (Å²) in [5.74, 6) is 1.41. The van der Waals surface area contributed by atoms with Crippen LogP contribution in [0.5, 0.6) is 0 Å². The van der Waals surface area contributed by atoms with Crippen molar-refractivity contribution < 1.29 is 9.26 Å². The van der Waals surface area contributed by atoms with Crippen LogP contribution in [0.2, 0.25) is 0 Å². The number of nitrogens with one attached hydrogen (secondary N) is 1. The minimum Gasteiger partial charge on any atom is -0.370 e. The molecule has 0 saturated heterocycles. The van der Waals surface area contributed by atoms with Gasteiger partial charge < -0.3 is 14.6 Å². The van der Waals surface area contributed by atoms with Crippen molar-refractivity contribution in [3.05, 3.63) is 11.7 Å². The Hall–Kier alpha value is -0.940. The van der Waals surface area contributed by atoms with Crippen LogP contribution in [0.25, 0.3) is 0 Å². The molecule has 1 aliphatic carbocycles. The molecule has 1 fully saturated rings. The zero-order valence-electron chi connectivity index (χ0n) is 12.5. The first-order valence-electron chi connectivity index (χ1n) is 7.08. The molecule has 0 unspecified atom stereocenters. The summed E-state index contributed by atoms with van der Waals surface area (Å²) in [6.07, 6.45) is 5.07. The maximum absolute atomic E-state index is 5.66. The molecule has 2 rings (SSSR count). The maximum atomic E-state index is 5.66. The molecule has 0 radical (unpaired) electrons. The molecule has 0 amide bonds. The lowest BCUT2D eigenvalue weighted by Gasteiger charge is -2.22. The van der Waals surface area contributed by atoms with Crippen LogP contribution in [-0.4, -0.2) is 29.3 Å². The van der Waals surface area contributed by atoms with Gasteiger partial charge in [0.05, 0.1) is 0 Å². The Balaban J connectivity index is 1.95. The third-order valence-corrected chi connectivity index (χ3v) is 3.67. The van der Waals surface area contributed by atoms with Gasteiger partial charge in [0.1, 0.15) is 5.60 Å². The van der Waals surface area contributed by atoms with E-state index < -0.39 is 0 Å². The molecule has 0 bridgehead atoms. The van der Waals surface area contributed by atoms with Gasteiger partial charge in [-0.1, -0.05) is 5.16 Å². The van der Waals surface area contributed by atoms with E-state index >= 15 is 0 Å². The highest BCUT2D eigenvalue weighted by Crippen LogP contribution is 2.40. The zero-order chi connectivity index (χ0) is 13.9. The summed E-state index contributed by atoms with van der Waals surface area (Å²) in [5.41, 5.74) is -0.193. The van der Waals surface area contributed by atoms with Crippen LogP contribution < -0.4 is 5.32 Å². The van der Waals surface area contributed by atoms with E-state index in [2.05, 4.69) is 36.2 Å². The molecular weight excluding hydrogens is 242 g/mol. The number of rotatable bonds is 5. The van der Waals surface area contributed by atoms with Gasteiger partial charge in [-0.25, -0.2) is 0 Å². The van der Waals surface area contributed by atoms with Gasteiger partial charge in [-0.3, -0.25) is 0 Å². The van der Waals surface area contributed by atoms with Crippen LogP contribution >= 0.6 is 0 Å². The third-order valence-electron chi connectivity index (χ3n) is 3.67. The monoisotopic (exact) mass is 267 g/mol. The lowest BCUT2D eigenvalue weighted by Crippen LogP contribution is -2.37. The van der Waals surface area contributed by atoms with Crippen molar-refractivity contribution in [2.45, 2.75) is 64.0 Å². The second kappa shape index (κ2) is 5.59. The van der Waals surface area contributed by atoms with Gasteiger partial charge in [0, 0.05) is 25.6 Å². The number of methoxy groups -OCH3 is 1. The van der Waals surface area contributed by atoms with E-state index in [4.69, 9.17) is 9.26 Å². The van der Waals surface area contributed by atoms with E-state index in [9.17, 15) is 0 Å². The van der Waals surface area contributed by atoms with Crippen molar-refractivity contribution in [2.75, 3.05) is 13.7 Å². The number of ether oxygens (including phenoxy) is 1. The molecule has 108 valence electrons. The smallest absolute Gasteiger partial charge is 0.228 e. The van der Waals surface area contributed by atoms with Crippen molar-refractivity contribution in [3.8, 4) is 0 Å². The van der Waals surface area contributed by atoms with Gasteiger partial charge in [-0.2, -0.15) is 4.98 Å². The Bertz CT molecular complexity index is 403. The molecule has 5 heteroatoms. The summed E-state index contributed by atoms with van der Waals surface area (Å²) in [6.45, 7) is 7.27. The zero-order valence-corrected chi connectivity index (χ0v) is 12.5. The minimum absolute atomic E-state index is 0.113. The molecule has 0 aromatic carbocycles. The van der Waals surface area contributed by atoms with Crippen molar-refractivity contribution in [2.24, 2.45) is 0 Å². The van der Waals surface area contributed by atoms with E-state index in [0.717, 1.165) is 31.6 Å². The predicted octanol–water partition coefficient (Wildman–Crippen LogP) is 2.42. The van der Waals surface area contributed by atoms with E-state index in [0.29, 0.717) is 5.89 Å². The van der Waals surface area contributed by atoms with Crippen LogP contribution in [0.4, 0.5) is 0 Å². The predicted molar refractivity (Wildman–Crippen MR) is 72.9 cm³/mol. The van der Waals surface area contributed by atoms with Crippen LogP contribution in [0.3, 0.4) is 0 Å². The van der Waals surface area contributed by atoms with Crippen LogP contribution in [-0.2, 0) is 16.8 Å². The normalized spacial score (nSPS) is 18.9. The van der Waals surface area contributed by atoms with Crippen molar-refractivity contribution in [1.82, 2.24) is 15.5 Å². The van der Waals surface area contributed by atoms with Crippen LogP contribution in [0, 0.1) is 0 Å². The van der Waals surface area contributed by atoms with Crippen molar-refractivity contribution >= 4 is 0 Å². The highest BCUT2D eigenvalue weighted by Gasteiger charge is 2.40. The Morgan fingerprint density at radius 1 is 1.32 bits per heavy atom. The van der Waals surface area contributed by atoms with E-state index in [1.807, 2.05) is 0 Å². The Labute approximate surface area is 115 Å². The number of nitrogens with zero attached hydrogens (tertiary/aromatic N) is 2. The molecule has 0 spiro atoms. The van der Waals surface area contributed by atoms with E-state index in [-0.39, 0.29) is 11.1 Å². The highest BCUT2D eigenvalue weighted by molar-refractivity contribution is 5.04. The SMILES string of the molecule is COC1(c2noc(CCNC(C)(C)C)n2)CCCC1. The molecule has 1 saturated carbocycles. The van der Waals surface area contributed by atoms with Gasteiger partial charge in [0.15, 0.2) is 0 Å². The second-order valence-corrected chi connectivity index (χ2v) is 6.34. The first-order valence-corrected chi connectivity index (χ1v) is 7.08. The highest BCUT2D eigenvalue weighted by atomic mass is 16.5. The van der Waals surface area contributed by atoms with Crippen molar-refractivity contribution in [1.29, 1.82) is 0 Å². The number of hydrogen-bond donors (Lipinski definition) is 1. The van der Waals surface area contributed by atoms with Gasteiger partial charge >= 0.3 is 0 Å². The number of aromatic nitrogens is 2. The van der Waals surface area contributed by atoms with Gasteiger partial charge in [-0.05, 0) is 46.5 Å². The number of hydrogen-bond acceptors (Lipinski definition) is 5. The average molecular weight is 267 g/mol. The summed E-state index contributed by atoms with van der Waals surface area (Å²) in [6, 6.07) is 0. The van der Waals surface area contributed by atoms with Crippen LogP contribution in [0.15, 0.2) is 4.52 Å². The first kappa shape index (κ1) is 14.5. The molecular formula is C14H25N3O2. The molecule has 5 nitrogen and oxygen atoms in total. The summed E-state index contributed by atoms with van der Waals surface area (Å²) < 4.78 is 11.0. The lowest BCUT2D eigenvalue weighted by atomic mass is 10.0. The summed E-state index contributed by atoms with van der Waals surface area (Å²) in [5, 5.41) is 7.53. The second-order valence-electron chi connectivity index (χ2n) is 6.34. The topological polar surface area (TPSA) is 60.2 Å². The first-order chi connectivity index (χ1) is 8.95. The standard InChI is InChI=1S/C14H25N3O2/c1-13(2,3)15-10-7-11-16-12(17-19-11)14(18-4)8-5-6-9-14/h15H,5-10H2,1-4H3. The average Bonchev–Trinajstić information content (AvgIpc) is 2.95. The Morgan fingerprint density at radius 2 is 2.00 bits per heavy atom. The molecule has 1 aromatic rings. The van der Waals surface area contributed by atoms with Gasteiger partial charge in [-0.15, -0.1) is 0 Å². The van der Waals surface area contributed by atoms with Crippen LogP contribution in [0.1, 0.15) is 58.2 Å². The maximum Gasteiger partial charge on any atom is 0.228 e. The third kappa shape index (κ3) is 3.54. The Kier molecular flexibility index (Phi) is 4.26. The molecule has 0 atom stereocenters. The Morgan fingerprint density at radius 3 is 2.58 bits per heavy atom. The largest absolute Gasteiger partial charge is 0.370 e.